The van der Waals surface area contributed by atoms with Gasteiger partial charge in [-0.15, -0.1) is 33.5 Å². The van der Waals surface area contributed by atoms with Crippen LogP contribution in [-0.2, 0) is 25.5 Å². The molecular weight excluding hydrogens is 581 g/mol. The molecule has 9 nitrogen and oxygen atoms in total. The molecule has 1 saturated heterocycles. The van der Waals surface area contributed by atoms with Gasteiger partial charge in [-0.25, -0.2) is 0 Å². The SMILES string of the molecule is CCc1c(C)/c2[n-]/c1=C\c1[n-]c3c(c1C)C(=O)[C@H](C(=O)OC)/C3=C1/[N-]/C(=C\c3[n-]c(c(C)c3C)\C=2)[C@@H](C)[C@@H]1CCC(=O)OC.[Mg+2]. The molecule has 1 fully saturated rings. The van der Waals surface area contributed by atoms with Crippen molar-refractivity contribution < 1.29 is 23.9 Å². The van der Waals surface area contributed by atoms with E-state index < -0.39 is 11.9 Å². The second-order valence-corrected chi connectivity index (χ2v) is 11.9. The van der Waals surface area contributed by atoms with Gasteiger partial charge in [0.2, 0.25) is 0 Å². The minimum Gasteiger partial charge on any atom is -0.664 e. The van der Waals surface area contributed by atoms with Gasteiger partial charge in [-0.2, -0.15) is 11.4 Å². The van der Waals surface area contributed by atoms with Crippen LogP contribution in [0.1, 0.15) is 87.6 Å². The maximum Gasteiger partial charge on any atom is 2.00 e. The van der Waals surface area contributed by atoms with Crippen LogP contribution in [0, 0.1) is 45.4 Å². The first-order valence-electron chi connectivity index (χ1n) is 15.0. The predicted molar refractivity (Wildman–Crippen MR) is 172 cm³/mol. The zero-order valence-corrected chi connectivity index (χ0v) is 28.5. The van der Waals surface area contributed by atoms with Crippen molar-refractivity contribution >= 4 is 64.6 Å². The summed E-state index contributed by atoms with van der Waals surface area (Å²) in [6.07, 6.45) is 7.32. The molecule has 1 aliphatic carbocycles. The molecule has 10 heteroatoms. The van der Waals surface area contributed by atoms with Crippen molar-refractivity contribution in [3.8, 4) is 0 Å². The fraction of sp³-hybridized carbons (Fsp3) is 0.400. The van der Waals surface area contributed by atoms with E-state index in [0.29, 0.717) is 40.2 Å². The molecule has 3 atom stereocenters. The number of fused-ring (bicyclic) bond motifs is 7. The molecule has 5 heterocycles. The monoisotopic (exact) mass is 616 g/mol. The standard InChI is InChI=1S/C35H37N4O5.Mg/c1-9-20-17(4)24-12-22-15(2)16(3)23(36-22)13-25-18(5)21(10-11-28(40)43-7)32(38-25)30-31(35(42)44-8)34(41)29-19(6)26(39-33(29)30)14-27(20)37-24;/h12-14,18,21,31H,9-11H2,1-8H3,(H-,38,39,41);/q-3;+2/p-1/b24-12-,25-13-,27-14-;/t18-,21-,31+;/m0./s1. The van der Waals surface area contributed by atoms with Crippen LogP contribution < -0.4 is 25.7 Å². The summed E-state index contributed by atoms with van der Waals surface area (Å²) in [5.41, 5.74) is 9.92. The van der Waals surface area contributed by atoms with Gasteiger partial charge >= 0.3 is 35.0 Å². The number of hydrogen-bond acceptors (Lipinski definition) is 5. The third-order valence-corrected chi connectivity index (χ3v) is 9.70. The van der Waals surface area contributed by atoms with Crippen LogP contribution in [0.2, 0.25) is 0 Å². The molecule has 2 aliphatic heterocycles. The van der Waals surface area contributed by atoms with Gasteiger partial charge in [0.15, 0.2) is 5.78 Å². The Morgan fingerprint density at radius 3 is 2.13 bits per heavy atom. The number of methoxy groups -OCH3 is 2. The van der Waals surface area contributed by atoms with E-state index >= 15 is 0 Å². The zero-order chi connectivity index (χ0) is 31.6. The molecule has 0 N–H and O–H groups in total. The Hall–Kier alpha value is -3.76. The largest absolute Gasteiger partial charge is 2.00 e. The van der Waals surface area contributed by atoms with Crippen molar-refractivity contribution in [2.45, 2.75) is 60.8 Å². The Kier molecular flexibility index (Phi) is 8.85. The van der Waals surface area contributed by atoms with Gasteiger partial charge in [-0.3, -0.25) is 14.4 Å². The Labute approximate surface area is 278 Å². The van der Waals surface area contributed by atoms with Crippen LogP contribution in [0.5, 0.6) is 0 Å². The second kappa shape index (κ2) is 12.2. The number of aromatic nitrogens is 3. The third-order valence-electron chi connectivity index (χ3n) is 9.70. The predicted octanol–water partition coefficient (Wildman–Crippen LogP) is 3.27. The van der Waals surface area contributed by atoms with Crippen LogP contribution in [-0.4, -0.2) is 55.0 Å². The maximum absolute atomic E-state index is 14.0. The first-order valence-corrected chi connectivity index (χ1v) is 15.0. The summed E-state index contributed by atoms with van der Waals surface area (Å²) in [5.74, 6) is -2.92. The summed E-state index contributed by atoms with van der Waals surface area (Å²) in [6, 6.07) is 0. The van der Waals surface area contributed by atoms with E-state index in [1.807, 2.05) is 32.1 Å². The number of allylic oxidation sites excluding steroid dienone is 2. The number of nitrogens with zero attached hydrogens (tertiary/aromatic N) is 4. The fourth-order valence-electron chi connectivity index (χ4n) is 6.88. The Bertz CT molecular complexity index is 1940. The topological polar surface area (TPSA) is 126 Å². The van der Waals surface area contributed by atoms with Crippen molar-refractivity contribution in [2.24, 2.45) is 17.8 Å². The van der Waals surface area contributed by atoms with Gasteiger partial charge in [-0.1, -0.05) is 65.5 Å². The van der Waals surface area contributed by atoms with Crippen LogP contribution in [0.15, 0.2) is 11.4 Å². The van der Waals surface area contributed by atoms with E-state index in [-0.39, 0.29) is 53.1 Å². The normalized spacial score (nSPS) is 24.0. The van der Waals surface area contributed by atoms with Crippen molar-refractivity contribution in [3.05, 3.63) is 83.6 Å². The first kappa shape index (κ1) is 32.6. The molecule has 230 valence electrons. The summed E-state index contributed by atoms with van der Waals surface area (Å²) in [6.45, 7) is 12.2. The quantitative estimate of drug-likeness (QED) is 0.243. The molecule has 3 aliphatic rings. The number of ether oxygens (including phenoxy) is 2. The molecule has 45 heavy (non-hydrogen) atoms. The van der Waals surface area contributed by atoms with E-state index in [9.17, 15) is 14.4 Å². The van der Waals surface area contributed by atoms with Crippen LogP contribution in [0.3, 0.4) is 0 Å². The van der Waals surface area contributed by atoms with Gasteiger partial charge in [0.1, 0.15) is 5.92 Å². The average molecular weight is 617 g/mol. The van der Waals surface area contributed by atoms with Crippen LogP contribution in [0.4, 0.5) is 0 Å². The number of ketones is 1. The number of carbonyl (C=O) groups excluding carboxylic acids is 3. The number of carbonyl (C=O) groups is 3. The zero-order valence-electron chi connectivity index (χ0n) is 27.1. The molecular formula is C35H36MgN4O5-2. The number of hydrogen-bond donors (Lipinski definition) is 0. The summed E-state index contributed by atoms with van der Waals surface area (Å²) in [5, 5.41) is 6.76. The van der Waals surface area contributed by atoms with Crippen LogP contribution in [0.25, 0.3) is 29.1 Å². The van der Waals surface area contributed by atoms with Crippen molar-refractivity contribution in [2.75, 3.05) is 14.2 Å². The molecule has 0 unspecified atom stereocenters. The molecule has 3 aromatic rings. The average Bonchev–Trinajstić information content (AvgIpc) is 3.74. The molecule has 0 aromatic carbocycles. The van der Waals surface area contributed by atoms with Gasteiger partial charge in [0.05, 0.1) is 14.2 Å². The van der Waals surface area contributed by atoms with Crippen LogP contribution >= 0.6 is 0 Å². The Balaban J connectivity index is 0.00000400. The van der Waals surface area contributed by atoms with E-state index in [1.54, 1.807) is 0 Å². The number of Topliss-reactive ketones (excluding diaryl/α,β-unsaturated/α-hetero) is 1. The molecule has 3 aromatic heterocycles. The minimum atomic E-state index is -1.19. The fourth-order valence-corrected chi connectivity index (χ4v) is 6.88. The summed E-state index contributed by atoms with van der Waals surface area (Å²) in [7, 11) is 2.64. The van der Waals surface area contributed by atoms with Gasteiger partial charge in [0, 0.05) is 12.0 Å². The molecule has 6 rings (SSSR count). The number of esters is 2. The first-order chi connectivity index (χ1) is 21.0. The maximum atomic E-state index is 14.0. The van der Waals surface area contributed by atoms with E-state index in [0.717, 1.165) is 56.5 Å². The van der Waals surface area contributed by atoms with Gasteiger partial charge in [-0.05, 0) is 52.4 Å². The number of rotatable bonds is 5. The second-order valence-electron chi connectivity index (χ2n) is 11.9. The molecule has 0 saturated carbocycles. The third kappa shape index (κ3) is 5.12. The van der Waals surface area contributed by atoms with Gasteiger partial charge < -0.3 is 29.7 Å². The van der Waals surface area contributed by atoms with E-state index in [1.165, 1.54) is 14.2 Å². The molecule has 8 bridgehead atoms. The molecule has 0 spiro atoms. The smallest absolute Gasteiger partial charge is 0.664 e. The van der Waals surface area contributed by atoms with Gasteiger partial charge in [0.25, 0.3) is 0 Å². The van der Waals surface area contributed by atoms with Crippen molar-refractivity contribution in [1.82, 2.24) is 15.0 Å². The van der Waals surface area contributed by atoms with E-state index in [2.05, 4.69) is 27.7 Å². The summed E-state index contributed by atoms with van der Waals surface area (Å²) in [4.78, 5) is 54.5. The minimum absolute atomic E-state index is 0. The van der Waals surface area contributed by atoms with E-state index in [4.69, 9.17) is 29.7 Å². The molecule has 0 radical (unpaired) electrons. The van der Waals surface area contributed by atoms with Crippen molar-refractivity contribution in [1.29, 1.82) is 0 Å². The summed E-state index contributed by atoms with van der Waals surface area (Å²) >= 11 is 0. The Morgan fingerprint density at radius 1 is 0.844 bits per heavy atom. The Morgan fingerprint density at radius 2 is 1.49 bits per heavy atom. The van der Waals surface area contributed by atoms with Crippen molar-refractivity contribution in [3.63, 3.8) is 0 Å². The summed E-state index contributed by atoms with van der Waals surface area (Å²) < 4.78 is 10.1. The molecule has 0 amide bonds.